The van der Waals surface area contributed by atoms with Gasteiger partial charge in [0.25, 0.3) is 0 Å². The minimum atomic E-state index is 0.252. The first-order chi connectivity index (χ1) is 7.47. The number of hydrogen-bond acceptors (Lipinski definition) is 1. The molecule has 0 atom stereocenters. The molecule has 1 N–H and O–H groups in total. The van der Waals surface area contributed by atoms with Crippen LogP contribution in [-0.4, -0.2) is 6.04 Å². The van der Waals surface area contributed by atoms with Crippen LogP contribution in [0.2, 0.25) is 0 Å². The molecule has 0 unspecified atom stereocenters. The van der Waals surface area contributed by atoms with Gasteiger partial charge in [0.2, 0.25) is 0 Å². The maximum atomic E-state index is 3.59. The molecule has 0 saturated heterocycles. The van der Waals surface area contributed by atoms with Crippen LogP contribution in [0.25, 0.3) is 0 Å². The molecule has 0 radical (unpaired) electrons. The molecular formula is C15H23N. The summed E-state index contributed by atoms with van der Waals surface area (Å²) in [6.45, 7) is 10.1. The largest absolute Gasteiger partial charge is 0.310 e. The van der Waals surface area contributed by atoms with E-state index in [-0.39, 0.29) is 5.41 Å². The van der Waals surface area contributed by atoms with E-state index >= 15 is 0 Å². The SMILES string of the molecule is Cc1ccc(C(C)(C)C)cc1CNC1CC1. The van der Waals surface area contributed by atoms with E-state index < -0.39 is 0 Å². The predicted molar refractivity (Wildman–Crippen MR) is 69.7 cm³/mol. The molecule has 0 amide bonds. The van der Waals surface area contributed by atoms with Gasteiger partial charge in [-0.15, -0.1) is 0 Å². The summed E-state index contributed by atoms with van der Waals surface area (Å²) in [5.41, 5.74) is 4.55. The standard InChI is InChI=1S/C15H23N/c1-11-5-6-13(15(2,3)4)9-12(11)10-16-14-7-8-14/h5-6,9,14,16H,7-8,10H2,1-4H3. The lowest BCUT2D eigenvalue weighted by Gasteiger charge is -2.21. The van der Waals surface area contributed by atoms with Gasteiger partial charge in [0.1, 0.15) is 0 Å². The molecule has 1 saturated carbocycles. The van der Waals surface area contributed by atoms with Gasteiger partial charge in [-0.25, -0.2) is 0 Å². The molecule has 0 aliphatic heterocycles. The summed E-state index contributed by atoms with van der Waals surface area (Å²) in [5, 5.41) is 3.59. The molecule has 0 spiro atoms. The van der Waals surface area contributed by atoms with E-state index in [2.05, 4.69) is 51.2 Å². The topological polar surface area (TPSA) is 12.0 Å². The molecule has 1 fully saturated rings. The van der Waals surface area contributed by atoms with Gasteiger partial charge < -0.3 is 5.32 Å². The second-order valence-corrected chi connectivity index (χ2v) is 6.05. The van der Waals surface area contributed by atoms with E-state index in [9.17, 15) is 0 Å². The van der Waals surface area contributed by atoms with Gasteiger partial charge in [-0.1, -0.05) is 39.0 Å². The number of aryl methyl sites for hydroxylation is 1. The van der Waals surface area contributed by atoms with Crippen molar-refractivity contribution in [2.45, 2.75) is 58.5 Å². The Labute approximate surface area is 99.3 Å². The maximum absolute atomic E-state index is 3.59. The Bertz CT molecular complexity index is 370. The number of nitrogens with one attached hydrogen (secondary N) is 1. The fourth-order valence-corrected chi connectivity index (χ4v) is 1.87. The molecule has 16 heavy (non-hydrogen) atoms. The van der Waals surface area contributed by atoms with Crippen LogP contribution < -0.4 is 5.32 Å². The summed E-state index contributed by atoms with van der Waals surface area (Å²) in [6.07, 6.45) is 2.72. The lowest BCUT2D eigenvalue weighted by molar-refractivity contribution is 0.587. The van der Waals surface area contributed by atoms with Crippen molar-refractivity contribution in [1.82, 2.24) is 5.32 Å². The highest BCUT2D eigenvalue weighted by atomic mass is 14.9. The molecule has 1 aliphatic rings. The molecule has 88 valence electrons. The summed E-state index contributed by atoms with van der Waals surface area (Å²) >= 11 is 0. The van der Waals surface area contributed by atoms with Gasteiger partial charge >= 0.3 is 0 Å². The Morgan fingerprint density at radius 3 is 2.50 bits per heavy atom. The van der Waals surface area contributed by atoms with E-state index in [0.29, 0.717) is 0 Å². The summed E-state index contributed by atoms with van der Waals surface area (Å²) < 4.78 is 0. The van der Waals surface area contributed by atoms with Crippen LogP contribution in [-0.2, 0) is 12.0 Å². The Balaban J connectivity index is 2.14. The van der Waals surface area contributed by atoms with Crippen molar-refractivity contribution >= 4 is 0 Å². The lowest BCUT2D eigenvalue weighted by Crippen LogP contribution is -2.17. The van der Waals surface area contributed by atoms with Crippen molar-refractivity contribution in [1.29, 1.82) is 0 Å². The van der Waals surface area contributed by atoms with Crippen LogP contribution in [0.15, 0.2) is 18.2 Å². The molecule has 1 heteroatoms. The predicted octanol–water partition coefficient (Wildman–Crippen LogP) is 3.54. The highest BCUT2D eigenvalue weighted by molar-refractivity contribution is 5.34. The zero-order chi connectivity index (χ0) is 11.8. The van der Waals surface area contributed by atoms with Gasteiger partial charge in [0.05, 0.1) is 0 Å². The van der Waals surface area contributed by atoms with Crippen molar-refractivity contribution in [3.8, 4) is 0 Å². The van der Waals surface area contributed by atoms with Crippen LogP contribution in [0.3, 0.4) is 0 Å². The van der Waals surface area contributed by atoms with Crippen LogP contribution >= 0.6 is 0 Å². The molecule has 1 aliphatic carbocycles. The second kappa shape index (κ2) is 4.21. The monoisotopic (exact) mass is 217 g/mol. The highest BCUT2D eigenvalue weighted by Gasteiger charge is 2.21. The number of rotatable bonds is 3. The molecule has 1 aromatic carbocycles. The summed E-state index contributed by atoms with van der Waals surface area (Å²) in [6, 6.07) is 7.67. The van der Waals surface area contributed by atoms with E-state index in [0.717, 1.165) is 12.6 Å². The lowest BCUT2D eigenvalue weighted by atomic mass is 9.85. The van der Waals surface area contributed by atoms with Crippen molar-refractivity contribution in [2.75, 3.05) is 0 Å². The minimum Gasteiger partial charge on any atom is -0.310 e. The van der Waals surface area contributed by atoms with Crippen LogP contribution in [0, 0.1) is 6.92 Å². The third-order valence-corrected chi connectivity index (χ3v) is 3.37. The molecule has 0 bridgehead atoms. The summed E-state index contributed by atoms with van der Waals surface area (Å²) in [7, 11) is 0. The smallest absolute Gasteiger partial charge is 0.0210 e. The van der Waals surface area contributed by atoms with Crippen molar-refractivity contribution in [3.05, 3.63) is 34.9 Å². The van der Waals surface area contributed by atoms with Crippen LogP contribution in [0.5, 0.6) is 0 Å². The van der Waals surface area contributed by atoms with Gasteiger partial charge in [0, 0.05) is 12.6 Å². The van der Waals surface area contributed by atoms with Crippen molar-refractivity contribution in [3.63, 3.8) is 0 Å². The zero-order valence-electron chi connectivity index (χ0n) is 10.9. The van der Waals surface area contributed by atoms with Gasteiger partial charge in [0.15, 0.2) is 0 Å². The molecule has 2 rings (SSSR count). The van der Waals surface area contributed by atoms with E-state index in [4.69, 9.17) is 0 Å². The molecule has 0 heterocycles. The quantitative estimate of drug-likeness (QED) is 0.816. The molecule has 0 aromatic heterocycles. The summed E-state index contributed by atoms with van der Waals surface area (Å²) in [4.78, 5) is 0. The molecule has 1 aromatic rings. The minimum absolute atomic E-state index is 0.252. The van der Waals surface area contributed by atoms with E-state index in [1.165, 1.54) is 29.5 Å². The fraction of sp³-hybridized carbons (Fsp3) is 0.600. The Morgan fingerprint density at radius 1 is 1.25 bits per heavy atom. The number of hydrogen-bond donors (Lipinski definition) is 1. The highest BCUT2D eigenvalue weighted by Crippen LogP contribution is 2.25. The Hall–Kier alpha value is -0.820. The first kappa shape index (κ1) is 11.7. The molecular weight excluding hydrogens is 194 g/mol. The summed E-state index contributed by atoms with van der Waals surface area (Å²) in [5.74, 6) is 0. The van der Waals surface area contributed by atoms with Gasteiger partial charge in [-0.05, 0) is 41.9 Å². The average Bonchev–Trinajstić information content (AvgIpc) is 2.98. The third kappa shape index (κ3) is 2.85. The average molecular weight is 217 g/mol. The van der Waals surface area contributed by atoms with Gasteiger partial charge in [-0.3, -0.25) is 0 Å². The molecule has 1 nitrogen and oxygen atoms in total. The van der Waals surface area contributed by atoms with E-state index in [1.54, 1.807) is 0 Å². The van der Waals surface area contributed by atoms with Crippen LogP contribution in [0.1, 0.15) is 50.3 Å². The van der Waals surface area contributed by atoms with Crippen molar-refractivity contribution < 1.29 is 0 Å². The van der Waals surface area contributed by atoms with Crippen molar-refractivity contribution in [2.24, 2.45) is 0 Å². The third-order valence-electron chi connectivity index (χ3n) is 3.37. The first-order valence-electron chi connectivity index (χ1n) is 6.30. The fourth-order valence-electron chi connectivity index (χ4n) is 1.87. The normalized spacial score (nSPS) is 16.5. The van der Waals surface area contributed by atoms with Crippen LogP contribution in [0.4, 0.5) is 0 Å². The second-order valence-electron chi connectivity index (χ2n) is 6.05. The number of benzene rings is 1. The first-order valence-corrected chi connectivity index (χ1v) is 6.30. The van der Waals surface area contributed by atoms with Gasteiger partial charge in [-0.2, -0.15) is 0 Å². The van der Waals surface area contributed by atoms with E-state index in [1.807, 2.05) is 0 Å². The zero-order valence-corrected chi connectivity index (χ0v) is 10.9. The maximum Gasteiger partial charge on any atom is 0.0210 e. The Kier molecular flexibility index (Phi) is 3.07. The Morgan fingerprint density at radius 2 is 1.94 bits per heavy atom.